The lowest BCUT2D eigenvalue weighted by molar-refractivity contribution is 0.00225. The quantitative estimate of drug-likeness (QED) is 0.564. The van der Waals surface area contributed by atoms with Crippen molar-refractivity contribution in [1.82, 2.24) is 10.2 Å². The molecule has 1 aliphatic rings. The minimum absolute atomic E-state index is 0.134. The van der Waals surface area contributed by atoms with Gasteiger partial charge in [0, 0.05) is 31.7 Å². The molecular formula is C23H26ClN3O4. The number of methoxy groups -OCH3 is 2. The molecule has 164 valence electrons. The van der Waals surface area contributed by atoms with Crippen LogP contribution in [-0.2, 0) is 11.3 Å². The molecule has 0 aliphatic carbocycles. The second-order valence-corrected chi connectivity index (χ2v) is 8.11. The van der Waals surface area contributed by atoms with Gasteiger partial charge in [0.15, 0.2) is 0 Å². The molecule has 2 aromatic carbocycles. The second kappa shape index (κ2) is 9.18. The second-order valence-electron chi connectivity index (χ2n) is 7.70. The molecule has 2 unspecified atom stereocenters. The first-order chi connectivity index (χ1) is 15.0. The zero-order chi connectivity index (χ0) is 22.0. The summed E-state index contributed by atoms with van der Waals surface area (Å²) in [6.07, 6.45) is 0.590. The van der Waals surface area contributed by atoms with Crippen molar-refractivity contribution in [2.75, 3.05) is 33.0 Å². The number of nitrogens with one attached hydrogen (secondary N) is 1. The molecular weight excluding hydrogens is 418 g/mol. The number of carbonyl (C=O) groups is 1. The summed E-state index contributed by atoms with van der Waals surface area (Å²) < 4.78 is 17.0. The molecule has 7 nitrogen and oxygen atoms in total. The van der Waals surface area contributed by atoms with E-state index in [-0.39, 0.29) is 18.1 Å². The van der Waals surface area contributed by atoms with E-state index in [0.717, 1.165) is 29.7 Å². The van der Waals surface area contributed by atoms with Crippen LogP contribution in [0.4, 0.5) is 5.69 Å². The number of ether oxygens (including phenoxy) is 2. The van der Waals surface area contributed by atoms with Crippen LogP contribution in [0.5, 0.6) is 5.75 Å². The molecule has 2 atom stereocenters. The van der Waals surface area contributed by atoms with E-state index < -0.39 is 0 Å². The number of hydrogen-bond acceptors (Lipinski definition) is 6. The summed E-state index contributed by atoms with van der Waals surface area (Å²) in [4.78, 5) is 15.2. The summed E-state index contributed by atoms with van der Waals surface area (Å²) in [5.74, 6) is 1.03. The molecule has 1 amide bonds. The molecule has 1 saturated heterocycles. The number of nitrogen functional groups attached to an aromatic ring is 1. The largest absolute Gasteiger partial charge is 0.496 e. The fourth-order valence-electron chi connectivity index (χ4n) is 4.02. The summed E-state index contributed by atoms with van der Waals surface area (Å²) in [6, 6.07) is 13.0. The van der Waals surface area contributed by atoms with Crippen LogP contribution in [-0.4, -0.2) is 50.3 Å². The molecule has 0 bridgehead atoms. The fourth-order valence-corrected chi connectivity index (χ4v) is 4.19. The number of likely N-dealkylation sites (tertiary alicyclic amines) is 1. The van der Waals surface area contributed by atoms with Gasteiger partial charge in [-0.3, -0.25) is 9.69 Å². The molecule has 3 N–H and O–H groups in total. The number of benzene rings is 2. The number of nitrogens with zero attached hydrogens (tertiary/aromatic N) is 1. The highest BCUT2D eigenvalue weighted by Crippen LogP contribution is 2.29. The fraction of sp³-hybridized carbons (Fsp3) is 0.348. The first-order valence-corrected chi connectivity index (χ1v) is 10.5. The lowest BCUT2D eigenvalue weighted by Crippen LogP contribution is -2.54. The van der Waals surface area contributed by atoms with E-state index in [4.69, 9.17) is 31.2 Å². The van der Waals surface area contributed by atoms with Crippen LogP contribution in [0.15, 0.2) is 46.9 Å². The lowest BCUT2D eigenvalue weighted by atomic mass is 10.0. The van der Waals surface area contributed by atoms with Gasteiger partial charge in [-0.2, -0.15) is 0 Å². The highest BCUT2D eigenvalue weighted by molar-refractivity contribution is 6.33. The summed E-state index contributed by atoms with van der Waals surface area (Å²) in [6.45, 7) is 2.18. The Kier molecular flexibility index (Phi) is 6.36. The Balaban J connectivity index is 1.42. The van der Waals surface area contributed by atoms with Gasteiger partial charge in [0.25, 0.3) is 5.91 Å². The molecule has 31 heavy (non-hydrogen) atoms. The van der Waals surface area contributed by atoms with E-state index >= 15 is 0 Å². The van der Waals surface area contributed by atoms with Crippen molar-refractivity contribution in [3.8, 4) is 5.75 Å². The Labute approximate surface area is 186 Å². The van der Waals surface area contributed by atoms with E-state index in [9.17, 15) is 4.79 Å². The molecule has 1 aromatic heterocycles. The van der Waals surface area contributed by atoms with Crippen LogP contribution in [0.3, 0.4) is 0 Å². The topological polar surface area (TPSA) is 90.0 Å². The lowest BCUT2D eigenvalue weighted by Gasteiger charge is -2.37. The molecule has 2 heterocycles. The maximum absolute atomic E-state index is 12.9. The third-order valence-corrected chi connectivity index (χ3v) is 6.01. The molecule has 1 aliphatic heterocycles. The predicted octanol–water partition coefficient (Wildman–Crippen LogP) is 3.70. The van der Waals surface area contributed by atoms with E-state index in [2.05, 4.69) is 16.3 Å². The van der Waals surface area contributed by atoms with Crippen molar-refractivity contribution < 1.29 is 18.7 Å². The molecule has 0 saturated carbocycles. The molecule has 0 radical (unpaired) electrons. The zero-order valence-electron chi connectivity index (χ0n) is 17.6. The van der Waals surface area contributed by atoms with E-state index in [0.29, 0.717) is 35.1 Å². The molecule has 4 rings (SSSR count). The SMILES string of the molecule is COc1cc(N)c(Cl)cc1C(=O)NC1CCN(Cc2cc3ccccc3o2)CC1OC. The number of nitrogens with two attached hydrogens (primary N) is 1. The number of fused-ring (bicyclic) bond motifs is 1. The van der Waals surface area contributed by atoms with Crippen molar-refractivity contribution in [3.05, 3.63) is 58.8 Å². The minimum Gasteiger partial charge on any atom is -0.496 e. The Morgan fingerprint density at radius 3 is 2.84 bits per heavy atom. The average molecular weight is 444 g/mol. The van der Waals surface area contributed by atoms with Gasteiger partial charge in [0.05, 0.1) is 42.1 Å². The van der Waals surface area contributed by atoms with Gasteiger partial charge in [0.2, 0.25) is 0 Å². The van der Waals surface area contributed by atoms with E-state index in [1.807, 2.05) is 24.3 Å². The number of hydrogen-bond donors (Lipinski definition) is 2. The highest BCUT2D eigenvalue weighted by atomic mass is 35.5. The normalized spacial score (nSPS) is 19.5. The van der Waals surface area contributed by atoms with Gasteiger partial charge in [-0.25, -0.2) is 0 Å². The Bertz CT molecular complexity index is 1050. The molecule has 1 fully saturated rings. The van der Waals surface area contributed by atoms with Crippen LogP contribution in [0.25, 0.3) is 11.0 Å². The zero-order valence-corrected chi connectivity index (χ0v) is 18.3. The van der Waals surface area contributed by atoms with E-state index in [1.165, 1.54) is 13.2 Å². The van der Waals surface area contributed by atoms with Gasteiger partial charge in [0.1, 0.15) is 17.1 Å². The summed E-state index contributed by atoms with van der Waals surface area (Å²) in [5, 5.41) is 4.48. The van der Waals surface area contributed by atoms with Gasteiger partial charge in [-0.1, -0.05) is 29.8 Å². The number of halogens is 1. The number of amides is 1. The molecule has 0 spiro atoms. The number of para-hydroxylation sites is 1. The first kappa shape index (κ1) is 21.5. The molecule has 8 heteroatoms. The number of anilines is 1. The number of piperidine rings is 1. The van der Waals surface area contributed by atoms with Crippen LogP contribution in [0.1, 0.15) is 22.5 Å². The van der Waals surface area contributed by atoms with Crippen LogP contribution in [0.2, 0.25) is 5.02 Å². The van der Waals surface area contributed by atoms with Gasteiger partial charge >= 0.3 is 0 Å². The van der Waals surface area contributed by atoms with Crippen molar-refractivity contribution in [2.45, 2.75) is 25.1 Å². The van der Waals surface area contributed by atoms with Crippen LogP contribution >= 0.6 is 11.6 Å². The summed E-state index contributed by atoms with van der Waals surface area (Å²) in [7, 11) is 3.16. The Hall–Kier alpha value is -2.74. The van der Waals surface area contributed by atoms with Gasteiger partial charge < -0.3 is 24.9 Å². The Morgan fingerprint density at radius 1 is 1.29 bits per heavy atom. The average Bonchev–Trinajstić information content (AvgIpc) is 3.18. The van der Waals surface area contributed by atoms with Gasteiger partial charge in [-0.15, -0.1) is 0 Å². The highest BCUT2D eigenvalue weighted by Gasteiger charge is 2.31. The number of rotatable bonds is 6. The monoisotopic (exact) mass is 443 g/mol. The maximum atomic E-state index is 12.9. The third-order valence-electron chi connectivity index (χ3n) is 5.68. The predicted molar refractivity (Wildman–Crippen MR) is 121 cm³/mol. The summed E-state index contributed by atoms with van der Waals surface area (Å²) >= 11 is 6.11. The summed E-state index contributed by atoms with van der Waals surface area (Å²) in [5.41, 5.74) is 7.42. The smallest absolute Gasteiger partial charge is 0.255 e. The van der Waals surface area contributed by atoms with Crippen molar-refractivity contribution in [2.24, 2.45) is 0 Å². The van der Waals surface area contributed by atoms with Gasteiger partial charge in [-0.05, 0) is 24.6 Å². The molecule has 3 aromatic rings. The van der Waals surface area contributed by atoms with E-state index in [1.54, 1.807) is 13.2 Å². The minimum atomic E-state index is -0.267. The number of carbonyl (C=O) groups excluding carboxylic acids is 1. The first-order valence-electron chi connectivity index (χ1n) is 10.1. The van der Waals surface area contributed by atoms with Crippen LogP contribution in [0, 0.1) is 0 Å². The third kappa shape index (κ3) is 4.63. The Morgan fingerprint density at radius 2 is 2.10 bits per heavy atom. The number of furan rings is 1. The maximum Gasteiger partial charge on any atom is 0.255 e. The standard InChI is InChI=1S/C23H26ClN3O4/c1-29-21-11-18(25)17(24)10-16(21)23(28)26-19-7-8-27(13-22(19)30-2)12-15-9-14-5-3-4-6-20(14)31-15/h3-6,9-11,19,22H,7-8,12-13,25H2,1-2H3,(H,26,28). The van der Waals surface area contributed by atoms with Crippen molar-refractivity contribution >= 4 is 34.2 Å². The van der Waals surface area contributed by atoms with Crippen LogP contribution < -0.4 is 15.8 Å². The van der Waals surface area contributed by atoms with Crippen molar-refractivity contribution in [3.63, 3.8) is 0 Å². The van der Waals surface area contributed by atoms with Crippen molar-refractivity contribution in [1.29, 1.82) is 0 Å².